The summed E-state index contributed by atoms with van der Waals surface area (Å²) in [5.41, 5.74) is 0.912. The minimum Gasteiger partial charge on any atom is -0.493 e. The first-order valence-electron chi connectivity index (χ1n) is 9.13. The van der Waals surface area contributed by atoms with Crippen molar-refractivity contribution < 1.29 is 14.3 Å². The summed E-state index contributed by atoms with van der Waals surface area (Å²) in [6.07, 6.45) is 3.96. The van der Waals surface area contributed by atoms with Crippen LogP contribution in [0, 0.1) is 5.92 Å². The Morgan fingerprint density at radius 3 is 2.40 bits per heavy atom. The molecule has 140 valence electrons. The zero-order valence-corrected chi connectivity index (χ0v) is 17.2. The Morgan fingerprint density at radius 2 is 1.84 bits per heavy atom. The fourth-order valence-corrected chi connectivity index (χ4v) is 3.13. The Kier molecular flexibility index (Phi) is 7.60. The number of amides is 1. The number of rotatable bonds is 6. The largest absolute Gasteiger partial charge is 0.493 e. The second-order valence-electron chi connectivity index (χ2n) is 7.66. The number of piperidine rings is 1. The predicted molar refractivity (Wildman–Crippen MR) is 105 cm³/mol. The van der Waals surface area contributed by atoms with Crippen molar-refractivity contribution in [3.63, 3.8) is 0 Å². The van der Waals surface area contributed by atoms with Gasteiger partial charge in [-0.25, -0.2) is 4.79 Å². The highest BCUT2D eigenvalue weighted by atomic mass is 79.9. The summed E-state index contributed by atoms with van der Waals surface area (Å²) >= 11 is 3.46. The van der Waals surface area contributed by atoms with E-state index in [1.807, 2.05) is 20.8 Å². The van der Waals surface area contributed by atoms with Crippen LogP contribution in [0.15, 0.2) is 24.3 Å². The van der Waals surface area contributed by atoms with Crippen molar-refractivity contribution in [3.05, 3.63) is 29.8 Å². The van der Waals surface area contributed by atoms with E-state index in [4.69, 9.17) is 9.47 Å². The van der Waals surface area contributed by atoms with Gasteiger partial charge in [0.25, 0.3) is 0 Å². The summed E-state index contributed by atoms with van der Waals surface area (Å²) in [6.45, 7) is 7.90. The van der Waals surface area contributed by atoms with Gasteiger partial charge in [-0.3, -0.25) is 0 Å². The Labute approximate surface area is 160 Å². The second kappa shape index (κ2) is 9.46. The van der Waals surface area contributed by atoms with Crippen LogP contribution in [0.4, 0.5) is 4.79 Å². The molecule has 2 rings (SSSR count). The fraction of sp³-hybridized carbons (Fsp3) is 0.650. The molecule has 1 aliphatic heterocycles. The van der Waals surface area contributed by atoms with Gasteiger partial charge in [-0.2, -0.15) is 0 Å². The van der Waals surface area contributed by atoms with Crippen molar-refractivity contribution in [1.29, 1.82) is 0 Å². The first-order chi connectivity index (χ1) is 11.9. The van der Waals surface area contributed by atoms with Gasteiger partial charge >= 0.3 is 6.09 Å². The predicted octanol–water partition coefficient (Wildman–Crippen LogP) is 5.04. The monoisotopic (exact) mass is 411 g/mol. The number of likely N-dealkylation sites (tertiary alicyclic amines) is 1. The van der Waals surface area contributed by atoms with Crippen molar-refractivity contribution in [2.24, 2.45) is 5.92 Å². The van der Waals surface area contributed by atoms with Crippen molar-refractivity contribution in [2.75, 3.05) is 25.0 Å². The molecule has 1 aromatic rings. The Balaban J connectivity index is 1.70. The standard InChI is InChI=1S/C20H30BrNO3/c1-20(2,3)25-19(23)22-13-10-17(11-14-22)15-24-18-8-6-16(7-9-18)5-4-12-21/h6-9,17H,4-5,10-15H2,1-3H3. The van der Waals surface area contributed by atoms with Crippen molar-refractivity contribution in [1.82, 2.24) is 4.90 Å². The second-order valence-corrected chi connectivity index (χ2v) is 8.45. The zero-order valence-electron chi connectivity index (χ0n) is 15.6. The lowest BCUT2D eigenvalue weighted by molar-refractivity contribution is 0.0165. The lowest BCUT2D eigenvalue weighted by Crippen LogP contribution is -2.42. The van der Waals surface area contributed by atoms with E-state index in [1.54, 1.807) is 4.90 Å². The van der Waals surface area contributed by atoms with Gasteiger partial charge in [0.05, 0.1) is 6.61 Å². The Hall–Kier alpha value is -1.23. The van der Waals surface area contributed by atoms with Gasteiger partial charge in [0.15, 0.2) is 0 Å². The van der Waals surface area contributed by atoms with Gasteiger partial charge < -0.3 is 14.4 Å². The van der Waals surface area contributed by atoms with Crippen LogP contribution in [0.5, 0.6) is 5.75 Å². The highest BCUT2D eigenvalue weighted by Crippen LogP contribution is 2.21. The van der Waals surface area contributed by atoms with Crippen LogP contribution >= 0.6 is 15.9 Å². The SMILES string of the molecule is CC(C)(C)OC(=O)N1CCC(COc2ccc(CCCBr)cc2)CC1. The average molecular weight is 412 g/mol. The Bertz CT molecular complexity index is 531. The van der Waals surface area contributed by atoms with Crippen LogP contribution in [0.25, 0.3) is 0 Å². The van der Waals surface area contributed by atoms with Gasteiger partial charge in [-0.1, -0.05) is 28.1 Å². The molecule has 0 bridgehead atoms. The van der Waals surface area contributed by atoms with Gasteiger partial charge in [0, 0.05) is 18.4 Å². The number of carbonyl (C=O) groups is 1. The Morgan fingerprint density at radius 1 is 1.20 bits per heavy atom. The lowest BCUT2D eigenvalue weighted by Gasteiger charge is -2.33. The highest BCUT2D eigenvalue weighted by molar-refractivity contribution is 9.09. The molecule has 0 aromatic heterocycles. The van der Waals surface area contributed by atoms with E-state index in [-0.39, 0.29) is 6.09 Å². The van der Waals surface area contributed by atoms with Crippen molar-refractivity contribution >= 4 is 22.0 Å². The third kappa shape index (κ3) is 7.27. The van der Waals surface area contributed by atoms with Crippen molar-refractivity contribution in [3.8, 4) is 5.75 Å². The molecule has 25 heavy (non-hydrogen) atoms. The van der Waals surface area contributed by atoms with E-state index < -0.39 is 5.60 Å². The highest BCUT2D eigenvalue weighted by Gasteiger charge is 2.27. The quantitative estimate of drug-likeness (QED) is 0.615. The lowest BCUT2D eigenvalue weighted by atomic mass is 9.98. The molecule has 1 heterocycles. The summed E-state index contributed by atoms with van der Waals surface area (Å²) in [4.78, 5) is 13.9. The van der Waals surface area contributed by atoms with E-state index in [1.165, 1.54) is 5.56 Å². The third-order valence-electron chi connectivity index (χ3n) is 4.27. The number of halogens is 1. The molecule has 0 radical (unpaired) electrons. The van der Waals surface area contributed by atoms with Gasteiger partial charge in [0.1, 0.15) is 11.4 Å². The van der Waals surface area contributed by atoms with Crippen molar-refractivity contribution in [2.45, 2.75) is 52.1 Å². The van der Waals surface area contributed by atoms with Crippen LogP contribution in [-0.4, -0.2) is 41.6 Å². The van der Waals surface area contributed by atoms with E-state index >= 15 is 0 Å². The molecule has 0 unspecified atom stereocenters. The van der Waals surface area contributed by atoms with Crippen LogP contribution in [0.2, 0.25) is 0 Å². The number of hydrogen-bond acceptors (Lipinski definition) is 3. The summed E-state index contributed by atoms with van der Waals surface area (Å²) in [5.74, 6) is 1.42. The van der Waals surface area contributed by atoms with Crippen LogP contribution < -0.4 is 4.74 Å². The molecule has 0 saturated carbocycles. The molecule has 1 aliphatic rings. The first-order valence-corrected chi connectivity index (χ1v) is 10.2. The van der Waals surface area contributed by atoms with E-state index in [0.29, 0.717) is 12.5 Å². The minimum absolute atomic E-state index is 0.203. The maximum absolute atomic E-state index is 12.1. The van der Waals surface area contributed by atoms with E-state index in [2.05, 4.69) is 40.2 Å². The third-order valence-corrected chi connectivity index (χ3v) is 4.84. The van der Waals surface area contributed by atoms with E-state index in [0.717, 1.165) is 49.9 Å². The summed E-state index contributed by atoms with van der Waals surface area (Å²) in [6, 6.07) is 8.39. The summed E-state index contributed by atoms with van der Waals surface area (Å²) in [5, 5.41) is 1.03. The van der Waals surface area contributed by atoms with Crippen LogP contribution in [0.1, 0.15) is 45.6 Å². The van der Waals surface area contributed by atoms with Crippen LogP contribution in [0.3, 0.4) is 0 Å². The molecule has 1 fully saturated rings. The number of ether oxygens (including phenoxy) is 2. The van der Waals surface area contributed by atoms with Gasteiger partial charge in [-0.15, -0.1) is 0 Å². The molecule has 0 N–H and O–H groups in total. The molecule has 1 amide bonds. The topological polar surface area (TPSA) is 38.8 Å². The molecule has 0 aliphatic carbocycles. The molecule has 1 aromatic carbocycles. The number of carbonyl (C=O) groups excluding carboxylic acids is 1. The summed E-state index contributed by atoms with van der Waals surface area (Å²) < 4.78 is 11.4. The number of benzene rings is 1. The smallest absolute Gasteiger partial charge is 0.410 e. The van der Waals surface area contributed by atoms with Gasteiger partial charge in [0.2, 0.25) is 0 Å². The normalized spacial score (nSPS) is 15.9. The molecule has 0 atom stereocenters. The zero-order chi connectivity index (χ0) is 18.3. The van der Waals surface area contributed by atoms with Crippen LogP contribution in [-0.2, 0) is 11.2 Å². The average Bonchev–Trinajstić information content (AvgIpc) is 2.58. The molecule has 0 spiro atoms. The van der Waals surface area contributed by atoms with E-state index in [9.17, 15) is 4.79 Å². The molecule has 4 nitrogen and oxygen atoms in total. The number of aryl methyl sites for hydroxylation is 1. The summed E-state index contributed by atoms with van der Waals surface area (Å²) in [7, 11) is 0. The number of hydrogen-bond donors (Lipinski definition) is 0. The number of alkyl halides is 1. The maximum atomic E-state index is 12.1. The number of nitrogens with zero attached hydrogens (tertiary/aromatic N) is 1. The van der Waals surface area contributed by atoms with Gasteiger partial charge in [-0.05, 0) is 70.1 Å². The molecular formula is C20H30BrNO3. The minimum atomic E-state index is -0.433. The molecule has 1 saturated heterocycles. The molecular weight excluding hydrogens is 382 g/mol. The molecule has 5 heteroatoms. The first kappa shape index (κ1) is 20.1. The maximum Gasteiger partial charge on any atom is 0.410 e. The fourth-order valence-electron chi connectivity index (χ4n) is 2.85.